The van der Waals surface area contributed by atoms with E-state index in [9.17, 15) is 9.90 Å². The second-order valence-corrected chi connectivity index (χ2v) is 12.5. The Balaban J connectivity index is 1.27. The largest absolute Gasteiger partial charge is 0.508 e. The van der Waals surface area contributed by atoms with Gasteiger partial charge in [0.2, 0.25) is 5.91 Å². The Labute approximate surface area is 219 Å². The van der Waals surface area contributed by atoms with Crippen molar-refractivity contribution < 1.29 is 19.1 Å². The first-order valence-electron chi connectivity index (χ1n) is 14.2. The summed E-state index contributed by atoms with van der Waals surface area (Å²) in [5.41, 5.74) is 3.13. The normalized spacial score (nSPS) is 32.0. The van der Waals surface area contributed by atoms with Crippen LogP contribution in [0.1, 0.15) is 62.6 Å². The fourth-order valence-corrected chi connectivity index (χ4v) is 8.20. The molecule has 3 fully saturated rings. The van der Waals surface area contributed by atoms with E-state index in [0.29, 0.717) is 30.2 Å². The van der Waals surface area contributed by atoms with Gasteiger partial charge >= 0.3 is 0 Å². The summed E-state index contributed by atoms with van der Waals surface area (Å²) in [4.78, 5) is 18.5. The van der Waals surface area contributed by atoms with Crippen molar-refractivity contribution in [3.05, 3.63) is 53.5 Å². The highest BCUT2D eigenvalue weighted by Gasteiger charge is 2.66. The van der Waals surface area contributed by atoms with Gasteiger partial charge in [0.25, 0.3) is 0 Å². The molecule has 2 aliphatic heterocycles. The predicted molar refractivity (Wildman–Crippen MR) is 141 cm³/mol. The summed E-state index contributed by atoms with van der Waals surface area (Å²) in [5, 5.41) is 11.0. The molecule has 1 saturated heterocycles. The minimum absolute atomic E-state index is 0.0104. The number of phenols is 1. The Morgan fingerprint density at radius 2 is 2.11 bits per heavy atom. The second-order valence-electron chi connectivity index (χ2n) is 12.5. The number of furan rings is 1. The van der Waals surface area contributed by atoms with Crippen LogP contribution in [-0.2, 0) is 16.6 Å². The molecule has 196 valence electrons. The van der Waals surface area contributed by atoms with E-state index in [1.165, 1.54) is 24.9 Å². The fraction of sp³-hybridized carbons (Fsp3) is 0.581. The summed E-state index contributed by atoms with van der Waals surface area (Å²) >= 11 is 0. The quantitative estimate of drug-likeness (QED) is 0.540. The van der Waals surface area contributed by atoms with Gasteiger partial charge in [-0.05, 0) is 87.1 Å². The molecule has 1 amide bonds. The van der Waals surface area contributed by atoms with Gasteiger partial charge in [-0.3, -0.25) is 9.69 Å². The van der Waals surface area contributed by atoms with Crippen LogP contribution < -0.4 is 4.74 Å². The maximum absolute atomic E-state index is 13.7. The molecule has 1 aromatic heterocycles. The molecule has 1 N–H and O–H groups in total. The van der Waals surface area contributed by atoms with Crippen molar-refractivity contribution in [3.63, 3.8) is 0 Å². The fourth-order valence-electron chi connectivity index (χ4n) is 8.20. The lowest BCUT2D eigenvalue weighted by molar-refractivity contribution is -0.138. The number of hydrogen-bond donors (Lipinski definition) is 1. The lowest BCUT2D eigenvalue weighted by Crippen LogP contribution is -2.69. The molecule has 2 aromatic rings. The number of piperidine rings is 1. The van der Waals surface area contributed by atoms with E-state index in [1.807, 2.05) is 24.3 Å². The molecule has 6 nitrogen and oxygen atoms in total. The Bertz CT molecular complexity index is 1220. The van der Waals surface area contributed by atoms with Gasteiger partial charge in [-0.1, -0.05) is 13.8 Å². The maximum Gasteiger partial charge on any atom is 0.246 e. The molecule has 5 aliphatic rings. The van der Waals surface area contributed by atoms with E-state index < -0.39 is 0 Å². The molecule has 2 bridgehead atoms. The van der Waals surface area contributed by atoms with Gasteiger partial charge in [0.1, 0.15) is 17.6 Å². The number of phenolic OH excluding ortho intramolecular Hbond substituents is 1. The monoisotopic (exact) mass is 502 g/mol. The third kappa shape index (κ3) is 3.66. The SMILES string of the molecule is CC(C)CN(C(=O)/C=C/c1ccoc1)[C@@H]1CC[C@H]2[C@H]3Cc4c(O)ccc5c4[C@@]2(CCN3CC2CC2)[C@H]1O5. The van der Waals surface area contributed by atoms with Gasteiger partial charge in [0.05, 0.1) is 18.6 Å². The molecule has 2 saturated carbocycles. The first-order valence-corrected chi connectivity index (χ1v) is 14.2. The highest BCUT2D eigenvalue weighted by Crippen LogP contribution is 2.64. The van der Waals surface area contributed by atoms with E-state index in [2.05, 4.69) is 23.6 Å². The van der Waals surface area contributed by atoms with Crippen molar-refractivity contribution in [3.8, 4) is 11.5 Å². The number of carbonyl (C=O) groups is 1. The summed E-state index contributed by atoms with van der Waals surface area (Å²) in [6.07, 6.45) is 13.5. The Hall–Kier alpha value is -2.73. The summed E-state index contributed by atoms with van der Waals surface area (Å²) in [5.74, 6) is 3.10. The van der Waals surface area contributed by atoms with Gasteiger partial charge < -0.3 is 19.2 Å². The number of benzene rings is 1. The second kappa shape index (κ2) is 8.65. The summed E-state index contributed by atoms with van der Waals surface area (Å²) in [6.45, 7) is 7.33. The van der Waals surface area contributed by atoms with Crippen molar-refractivity contribution in [1.29, 1.82) is 0 Å². The molecule has 1 spiro atoms. The standard InChI is InChI=1S/C31H38N2O4/c1-19(2)16-33(28(35)10-5-21-11-14-36-18-21)24-7-6-23-25-15-22-26(34)8-9-27-29(22)31(23,30(24)37-27)12-13-32(25)17-20-3-4-20/h5,8-11,14,18-20,23-25,30,34H,3-4,6-7,12-13,15-17H2,1-2H3/b10-5+/t23-,24+,25+,30-,31-/m0/s1. The van der Waals surface area contributed by atoms with Gasteiger partial charge in [-0.15, -0.1) is 0 Å². The molecule has 6 heteroatoms. The van der Waals surface area contributed by atoms with Gasteiger partial charge in [-0.25, -0.2) is 0 Å². The van der Waals surface area contributed by atoms with Gasteiger partial charge in [-0.2, -0.15) is 0 Å². The van der Waals surface area contributed by atoms with Crippen molar-refractivity contribution in [2.24, 2.45) is 17.8 Å². The number of carbonyl (C=O) groups excluding carboxylic acids is 1. The Morgan fingerprint density at radius 1 is 1.24 bits per heavy atom. The molecule has 1 aromatic carbocycles. The maximum atomic E-state index is 13.7. The minimum Gasteiger partial charge on any atom is -0.508 e. The minimum atomic E-state index is -0.126. The number of amides is 1. The topological polar surface area (TPSA) is 66.2 Å². The molecule has 5 atom stereocenters. The average molecular weight is 503 g/mol. The van der Waals surface area contributed by atoms with Gasteiger partial charge in [0, 0.05) is 47.3 Å². The third-order valence-corrected chi connectivity index (χ3v) is 9.82. The number of nitrogens with zero attached hydrogens (tertiary/aromatic N) is 2. The molecule has 7 rings (SSSR count). The van der Waals surface area contributed by atoms with E-state index in [-0.39, 0.29) is 23.5 Å². The number of rotatable bonds is 7. The molecular weight excluding hydrogens is 464 g/mol. The zero-order valence-corrected chi connectivity index (χ0v) is 21.9. The van der Waals surface area contributed by atoms with Crippen LogP contribution >= 0.6 is 0 Å². The third-order valence-electron chi connectivity index (χ3n) is 9.82. The van der Waals surface area contributed by atoms with Gasteiger partial charge in [0.15, 0.2) is 0 Å². The molecule has 3 heterocycles. The highest BCUT2D eigenvalue weighted by atomic mass is 16.5. The molecule has 3 aliphatic carbocycles. The molecular formula is C31H38N2O4. The first kappa shape index (κ1) is 23.4. The van der Waals surface area contributed by atoms with Crippen molar-refractivity contribution in [1.82, 2.24) is 9.80 Å². The number of hydrogen-bond acceptors (Lipinski definition) is 5. The van der Waals surface area contributed by atoms with Crippen LogP contribution in [0.3, 0.4) is 0 Å². The number of likely N-dealkylation sites (tertiary alicyclic amines) is 1. The van der Waals surface area contributed by atoms with E-state index in [4.69, 9.17) is 9.15 Å². The van der Waals surface area contributed by atoms with Crippen molar-refractivity contribution >= 4 is 12.0 Å². The van der Waals surface area contributed by atoms with Crippen LogP contribution in [0.4, 0.5) is 0 Å². The smallest absolute Gasteiger partial charge is 0.246 e. The molecule has 0 radical (unpaired) electrons. The Morgan fingerprint density at radius 3 is 2.86 bits per heavy atom. The van der Waals surface area contributed by atoms with Crippen LogP contribution in [-0.4, -0.2) is 58.6 Å². The van der Waals surface area contributed by atoms with Crippen LogP contribution in [0.25, 0.3) is 6.08 Å². The number of aromatic hydroxyl groups is 1. The number of ether oxygens (including phenoxy) is 1. The highest BCUT2D eigenvalue weighted by molar-refractivity contribution is 5.92. The van der Waals surface area contributed by atoms with Crippen LogP contribution in [0.2, 0.25) is 0 Å². The average Bonchev–Trinajstić information content (AvgIpc) is 3.41. The van der Waals surface area contributed by atoms with Crippen LogP contribution in [0, 0.1) is 17.8 Å². The van der Waals surface area contributed by atoms with E-state index >= 15 is 0 Å². The van der Waals surface area contributed by atoms with Crippen molar-refractivity contribution in [2.45, 2.75) is 76.0 Å². The summed E-state index contributed by atoms with van der Waals surface area (Å²) in [6, 6.07) is 6.12. The summed E-state index contributed by atoms with van der Waals surface area (Å²) < 4.78 is 12.1. The summed E-state index contributed by atoms with van der Waals surface area (Å²) in [7, 11) is 0. The molecule has 0 unspecified atom stereocenters. The zero-order valence-electron chi connectivity index (χ0n) is 21.9. The van der Waals surface area contributed by atoms with Crippen molar-refractivity contribution in [2.75, 3.05) is 19.6 Å². The lowest BCUT2D eigenvalue weighted by Gasteiger charge is -2.60. The van der Waals surface area contributed by atoms with Crippen LogP contribution in [0.15, 0.2) is 41.2 Å². The lowest BCUT2D eigenvalue weighted by atomic mass is 9.50. The zero-order chi connectivity index (χ0) is 25.3. The van der Waals surface area contributed by atoms with E-state index in [1.54, 1.807) is 18.6 Å². The Kier molecular flexibility index (Phi) is 5.47. The first-order chi connectivity index (χ1) is 18.0. The molecule has 37 heavy (non-hydrogen) atoms. The van der Waals surface area contributed by atoms with Crippen LogP contribution in [0.5, 0.6) is 11.5 Å². The van der Waals surface area contributed by atoms with E-state index in [0.717, 1.165) is 55.0 Å². The predicted octanol–water partition coefficient (Wildman–Crippen LogP) is 5.00.